The molecule has 0 heterocycles. The molecule has 0 saturated heterocycles. The summed E-state index contributed by atoms with van der Waals surface area (Å²) in [6, 6.07) is 0. The number of carbonyl (C=O) groups excluding carboxylic acids is 1. The number of hydrogen-bond acceptors (Lipinski definition) is 1. The van der Waals surface area contributed by atoms with Crippen LogP contribution in [0.5, 0.6) is 0 Å². The molecule has 3 heteroatoms. The molecule has 0 aromatic carbocycles. The zero-order valence-corrected chi connectivity index (χ0v) is 12.9. The molecule has 0 rings (SSSR count). The maximum absolute atomic E-state index is 13.6. The molecule has 0 aliphatic carbocycles. The first-order valence-electron chi connectivity index (χ1n) is 6.23. The third kappa shape index (κ3) is 3.41. The first kappa shape index (κ1) is 15.8. The lowest BCUT2D eigenvalue weighted by Gasteiger charge is -2.41. The second kappa shape index (κ2) is 5.43. The van der Waals surface area contributed by atoms with Gasteiger partial charge in [0.2, 0.25) is 0 Å². The van der Waals surface area contributed by atoms with Crippen LogP contribution in [0.1, 0.15) is 47.5 Å². The number of hydrogen-bond donors (Lipinski definition) is 0. The highest BCUT2D eigenvalue weighted by molar-refractivity contribution is 6.84. The number of ketones is 1. The van der Waals surface area contributed by atoms with Gasteiger partial charge in [0.05, 0.1) is 8.07 Å². The highest BCUT2D eigenvalue weighted by Gasteiger charge is 2.44. The van der Waals surface area contributed by atoms with Crippen molar-refractivity contribution in [1.82, 2.24) is 0 Å². The van der Waals surface area contributed by atoms with Crippen LogP contribution in [0, 0.1) is 0 Å². The van der Waals surface area contributed by atoms with E-state index in [-0.39, 0.29) is 16.4 Å². The van der Waals surface area contributed by atoms with Crippen molar-refractivity contribution in [3.63, 3.8) is 0 Å². The van der Waals surface area contributed by atoms with E-state index in [9.17, 15) is 9.18 Å². The van der Waals surface area contributed by atoms with Crippen LogP contribution in [-0.4, -0.2) is 20.0 Å². The Kier molecular flexibility index (Phi) is 5.37. The Morgan fingerprint density at radius 2 is 1.75 bits per heavy atom. The molecule has 0 aliphatic rings. The minimum Gasteiger partial charge on any atom is -0.296 e. The molecule has 2 atom stereocenters. The highest BCUT2D eigenvalue weighted by atomic mass is 28.3. The van der Waals surface area contributed by atoms with Crippen LogP contribution in [0.25, 0.3) is 0 Å². The molecular weight excluding hydrogens is 219 g/mol. The van der Waals surface area contributed by atoms with Crippen molar-refractivity contribution in [3.05, 3.63) is 0 Å². The summed E-state index contributed by atoms with van der Waals surface area (Å²) in [4.78, 5) is 12.0. The largest absolute Gasteiger partial charge is 0.296 e. The van der Waals surface area contributed by atoms with Crippen LogP contribution >= 0.6 is 0 Å². The zero-order valence-electron chi connectivity index (χ0n) is 11.9. The van der Waals surface area contributed by atoms with Gasteiger partial charge in [0, 0.05) is 5.54 Å². The maximum Gasteiger partial charge on any atom is 0.167 e. The molecular formula is C13H27FOSi. The molecule has 1 nitrogen and oxygen atoms in total. The maximum atomic E-state index is 13.6. The van der Waals surface area contributed by atoms with Gasteiger partial charge in [-0.25, -0.2) is 4.39 Å². The highest BCUT2D eigenvalue weighted by Crippen LogP contribution is 2.44. The normalized spacial score (nSPS) is 17.0. The van der Waals surface area contributed by atoms with E-state index < -0.39 is 14.2 Å². The van der Waals surface area contributed by atoms with Crippen LogP contribution in [0.15, 0.2) is 0 Å². The number of carbonyl (C=O) groups is 1. The molecule has 0 spiro atoms. The number of alkyl halides is 1. The Morgan fingerprint density at radius 3 is 2.06 bits per heavy atom. The lowest BCUT2D eigenvalue weighted by Crippen LogP contribution is -2.46. The van der Waals surface area contributed by atoms with Crippen LogP contribution in [0.2, 0.25) is 23.7 Å². The van der Waals surface area contributed by atoms with Gasteiger partial charge in [0.1, 0.15) is 0 Å². The van der Waals surface area contributed by atoms with Gasteiger partial charge >= 0.3 is 0 Å². The predicted molar refractivity (Wildman–Crippen MR) is 71.4 cm³/mol. The Balaban J connectivity index is 4.79. The Labute approximate surface area is 101 Å². The van der Waals surface area contributed by atoms with Crippen molar-refractivity contribution in [3.8, 4) is 0 Å². The van der Waals surface area contributed by atoms with Gasteiger partial charge in [-0.3, -0.25) is 4.79 Å². The third-order valence-corrected chi connectivity index (χ3v) is 10.6. The monoisotopic (exact) mass is 246 g/mol. The molecule has 0 amide bonds. The average Bonchev–Trinajstić information content (AvgIpc) is 2.14. The van der Waals surface area contributed by atoms with Crippen LogP contribution in [0.4, 0.5) is 4.39 Å². The van der Waals surface area contributed by atoms with Crippen molar-refractivity contribution >= 4 is 13.9 Å². The average molecular weight is 246 g/mol. The molecule has 96 valence electrons. The fourth-order valence-electron chi connectivity index (χ4n) is 1.67. The van der Waals surface area contributed by atoms with Crippen LogP contribution < -0.4 is 0 Å². The molecule has 0 bridgehead atoms. The Morgan fingerprint density at radius 1 is 1.31 bits per heavy atom. The predicted octanol–water partition coefficient (Wildman–Crippen LogP) is 4.59. The summed E-state index contributed by atoms with van der Waals surface area (Å²) in [5, 5.41) is 0.133. The van der Waals surface area contributed by atoms with E-state index in [1.807, 2.05) is 13.8 Å². The molecule has 0 N–H and O–H groups in total. The fourth-order valence-corrected chi connectivity index (χ4v) is 3.86. The second-order valence-corrected chi connectivity index (χ2v) is 12.2. The molecule has 0 saturated carbocycles. The number of Topliss-reactive ketones (excluding diaryl/α,β-unsaturated/α-hetero) is 1. The van der Waals surface area contributed by atoms with Gasteiger partial charge in [-0.1, -0.05) is 54.1 Å². The van der Waals surface area contributed by atoms with Gasteiger partial charge in [0.15, 0.2) is 12.0 Å². The molecule has 0 unspecified atom stereocenters. The first-order valence-corrected chi connectivity index (χ1v) is 9.31. The number of rotatable bonds is 5. The summed E-state index contributed by atoms with van der Waals surface area (Å²) < 4.78 is 13.6. The summed E-state index contributed by atoms with van der Waals surface area (Å²) >= 11 is 0. The summed E-state index contributed by atoms with van der Waals surface area (Å²) in [6.45, 7) is 14.7. The lowest BCUT2D eigenvalue weighted by molar-refractivity contribution is -0.123. The number of halogens is 1. The SMILES string of the molecule is CCC[C@@H](F)C(=O)[C@H](C)[Si](C)(C)C(C)(C)C. The van der Waals surface area contributed by atoms with Crippen LogP contribution in [-0.2, 0) is 4.79 Å². The molecule has 0 radical (unpaired) electrons. The van der Waals surface area contributed by atoms with E-state index in [4.69, 9.17) is 0 Å². The van der Waals surface area contributed by atoms with E-state index in [0.29, 0.717) is 6.42 Å². The third-order valence-electron chi connectivity index (χ3n) is 4.29. The molecule has 0 aliphatic heterocycles. The minimum atomic E-state index is -1.75. The zero-order chi connectivity index (χ0) is 13.1. The minimum absolute atomic E-state index is 0.103. The standard InChI is InChI=1S/C13H27FOSi/c1-8-9-11(14)12(15)10(2)16(6,7)13(3,4)5/h10-11H,8-9H2,1-7H3/t10-,11+/m0/s1. The van der Waals surface area contributed by atoms with Crippen molar-refractivity contribution < 1.29 is 9.18 Å². The van der Waals surface area contributed by atoms with Crippen LogP contribution in [0.3, 0.4) is 0 Å². The van der Waals surface area contributed by atoms with Gasteiger partial charge in [-0.2, -0.15) is 0 Å². The quantitative estimate of drug-likeness (QED) is 0.648. The van der Waals surface area contributed by atoms with Crippen molar-refractivity contribution in [2.24, 2.45) is 0 Å². The summed E-state index contributed by atoms with van der Waals surface area (Å²) in [5.41, 5.74) is -0.103. The van der Waals surface area contributed by atoms with E-state index in [2.05, 4.69) is 33.9 Å². The van der Waals surface area contributed by atoms with Crippen molar-refractivity contribution in [2.75, 3.05) is 0 Å². The second-order valence-electron chi connectivity index (χ2n) is 6.35. The van der Waals surface area contributed by atoms with E-state index >= 15 is 0 Å². The van der Waals surface area contributed by atoms with Gasteiger partial charge in [-0.15, -0.1) is 0 Å². The van der Waals surface area contributed by atoms with Gasteiger partial charge < -0.3 is 0 Å². The molecule has 0 fully saturated rings. The van der Waals surface area contributed by atoms with Crippen molar-refractivity contribution in [1.29, 1.82) is 0 Å². The van der Waals surface area contributed by atoms with E-state index in [1.54, 1.807) is 0 Å². The van der Waals surface area contributed by atoms with Gasteiger partial charge in [0.25, 0.3) is 0 Å². The molecule has 0 aromatic rings. The smallest absolute Gasteiger partial charge is 0.167 e. The van der Waals surface area contributed by atoms with E-state index in [1.165, 1.54) is 0 Å². The fraction of sp³-hybridized carbons (Fsp3) is 0.923. The Hall–Kier alpha value is -0.183. The van der Waals surface area contributed by atoms with Crippen molar-refractivity contribution in [2.45, 2.75) is 77.3 Å². The van der Waals surface area contributed by atoms with Gasteiger partial charge in [-0.05, 0) is 11.5 Å². The van der Waals surface area contributed by atoms with E-state index in [0.717, 1.165) is 6.42 Å². The summed E-state index contributed by atoms with van der Waals surface area (Å²) in [5.74, 6) is -0.173. The lowest BCUT2D eigenvalue weighted by atomic mass is 10.1. The Bertz CT molecular complexity index is 243. The topological polar surface area (TPSA) is 17.1 Å². The molecule has 16 heavy (non-hydrogen) atoms. The summed E-state index contributed by atoms with van der Waals surface area (Å²) in [6.07, 6.45) is -0.149. The molecule has 0 aromatic heterocycles. The first-order chi connectivity index (χ1) is 7.05. The summed E-state index contributed by atoms with van der Waals surface area (Å²) in [7, 11) is -1.75.